The van der Waals surface area contributed by atoms with Crippen molar-refractivity contribution in [2.45, 2.75) is 49.8 Å². The van der Waals surface area contributed by atoms with Gasteiger partial charge in [-0.2, -0.15) is 13.2 Å². The number of nitrogens with one attached hydrogen (secondary N) is 1. The molecule has 1 amide bonds. The second-order valence-electron chi connectivity index (χ2n) is 6.65. The van der Waals surface area contributed by atoms with Crippen LogP contribution >= 0.6 is 0 Å². The fraction of sp³-hybridized carbons (Fsp3) is 0.923. The molecule has 0 radical (unpaired) electrons. The lowest BCUT2D eigenvalue weighted by Crippen LogP contribution is -2.66. The summed E-state index contributed by atoms with van der Waals surface area (Å²) in [6.07, 6.45) is -3.37. The van der Waals surface area contributed by atoms with Crippen LogP contribution in [0.25, 0.3) is 0 Å². The van der Waals surface area contributed by atoms with E-state index in [1.54, 1.807) is 0 Å². The van der Waals surface area contributed by atoms with Crippen LogP contribution in [-0.2, 0) is 4.79 Å². The maximum absolute atomic E-state index is 13.3. The number of amides is 1. The Morgan fingerprint density at radius 2 is 2.13 bits per heavy atom. The number of carbonyl (C=O) groups is 1. The molecule has 3 atom stereocenters. The molecule has 2 heterocycles. The van der Waals surface area contributed by atoms with Crippen molar-refractivity contribution < 1.29 is 28.0 Å². The molecular formula is C13H23BF3N3O3. The first-order valence-corrected chi connectivity index (χ1v) is 7.86. The molecule has 0 spiro atoms. The van der Waals surface area contributed by atoms with E-state index in [0.717, 1.165) is 6.42 Å². The summed E-state index contributed by atoms with van der Waals surface area (Å²) in [7, 11) is -1.57. The Bertz CT molecular complexity index is 432. The van der Waals surface area contributed by atoms with Crippen LogP contribution in [0.4, 0.5) is 13.2 Å². The first-order valence-electron chi connectivity index (χ1n) is 7.86. The van der Waals surface area contributed by atoms with Crippen LogP contribution < -0.4 is 11.1 Å². The molecule has 0 saturated carbocycles. The minimum atomic E-state index is -4.62. The van der Waals surface area contributed by atoms with Crippen LogP contribution in [0.3, 0.4) is 0 Å². The summed E-state index contributed by atoms with van der Waals surface area (Å²) in [6, 6.07) is -0.449. The summed E-state index contributed by atoms with van der Waals surface area (Å²) in [6.45, 7) is 0.294. The van der Waals surface area contributed by atoms with Gasteiger partial charge in [0.15, 0.2) is 0 Å². The lowest BCUT2D eigenvalue weighted by Gasteiger charge is -2.45. The number of rotatable bonds is 4. The highest BCUT2D eigenvalue weighted by Gasteiger charge is 2.56. The van der Waals surface area contributed by atoms with Crippen LogP contribution in [0.15, 0.2) is 0 Å². The Labute approximate surface area is 133 Å². The number of likely N-dealkylation sites (tertiary alicyclic amines) is 1. The number of hydrogen-bond donors (Lipinski definition) is 4. The summed E-state index contributed by atoms with van der Waals surface area (Å²) in [5.74, 6) is -0.863. The van der Waals surface area contributed by atoms with Crippen molar-refractivity contribution >= 4 is 13.0 Å². The van der Waals surface area contributed by atoms with Gasteiger partial charge >= 0.3 is 13.3 Å². The Hall–Kier alpha value is -0.835. The van der Waals surface area contributed by atoms with Gasteiger partial charge in [0.2, 0.25) is 5.91 Å². The fourth-order valence-corrected chi connectivity index (χ4v) is 3.43. The monoisotopic (exact) mass is 337 g/mol. The molecule has 132 valence electrons. The Morgan fingerprint density at radius 1 is 1.43 bits per heavy atom. The number of nitrogens with zero attached hydrogens (tertiary/aromatic N) is 1. The van der Waals surface area contributed by atoms with E-state index in [9.17, 15) is 18.0 Å². The first kappa shape index (κ1) is 18.5. The van der Waals surface area contributed by atoms with Crippen LogP contribution in [0.5, 0.6) is 0 Å². The molecule has 2 saturated heterocycles. The molecule has 2 rings (SSSR count). The quantitative estimate of drug-likeness (QED) is 0.529. The van der Waals surface area contributed by atoms with Gasteiger partial charge in [0.25, 0.3) is 0 Å². The van der Waals surface area contributed by atoms with Gasteiger partial charge in [-0.15, -0.1) is 0 Å². The van der Waals surface area contributed by atoms with E-state index in [4.69, 9.17) is 15.8 Å². The van der Waals surface area contributed by atoms with E-state index < -0.39 is 37.3 Å². The summed E-state index contributed by atoms with van der Waals surface area (Å²) >= 11 is 0. The van der Waals surface area contributed by atoms with E-state index in [1.807, 2.05) is 0 Å². The van der Waals surface area contributed by atoms with E-state index in [0.29, 0.717) is 13.0 Å². The smallest absolute Gasteiger partial charge is 0.427 e. The third-order valence-electron chi connectivity index (χ3n) is 4.67. The molecule has 0 aromatic heterocycles. The topological polar surface area (TPSA) is 98.8 Å². The van der Waals surface area contributed by atoms with Crippen LogP contribution in [0.2, 0.25) is 6.32 Å². The average Bonchev–Trinajstić information content (AvgIpc) is 2.96. The van der Waals surface area contributed by atoms with Crippen molar-refractivity contribution in [1.29, 1.82) is 0 Å². The minimum absolute atomic E-state index is 0.0394. The molecule has 2 aliphatic heterocycles. The SMILES string of the molecule is N[C@]1(C(F)(F)F)C[C@H](CCB(O)O)CN(C(=O)[C@@H]2CCCN2)C1. The fourth-order valence-electron chi connectivity index (χ4n) is 3.43. The van der Waals surface area contributed by atoms with Gasteiger partial charge in [0, 0.05) is 13.1 Å². The maximum atomic E-state index is 13.3. The molecule has 2 fully saturated rings. The Balaban J connectivity index is 2.12. The normalized spacial score (nSPS) is 32.2. The van der Waals surface area contributed by atoms with Gasteiger partial charge in [0.1, 0.15) is 5.54 Å². The Kier molecular flexibility index (Phi) is 5.60. The van der Waals surface area contributed by atoms with Crippen molar-refractivity contribution in [3.63, 3.8) is 0 Å². The predicted molar refractivity (Wildman–Crippen MR) is 78.3 cm³/mol. The number of halogens is 3. The molecule has 0 aromatic rings. The average molecular weight is 337 g/mol. The largest absolute Gasteiger partial charge is 0.451 e. The van der Waals surface area contributed by atoms with Crippen LogP contribution in [0, 0.1) is 5.92 Å². The molecule has 23 heavy (non-hydrogen) atoms. The van der Waals surface area contributed by atoms with Gasteiger partial charge in [0.05, 0.1) is 6.04 Å². The zero-order valence-corrected chi connectivity index (χ0v) is 12.9. The second-order valence-corrected chi connectivity index (χ2v) is 6.65. The molecule has 6 nitrogen and oxygen atoms in total. The molecule has 5 N–H and O–H groups in total. The Morgan fingerprint density at radius 3 is 2.65 bits per heavy atom. The number of nitrogens with two attached hydrogens (primary N) is 1. The van der Waals surface area contributed by atoms with Crippen molar-refractivity contribution in [1.82, 2.24) is 10.2 Å². The molecule has 0 aliphatic carbocycles. The predicted octanol–water partition coefficient (Wildman–Crippen LogP) is -0.290. The third-order valence-corrected chi connectivity index (χ3v) is 4.67. The second kappa shape index (κ2) is 6.96. The summed E-state index contributed by atoms with van der Waals surface area (Å²) in [5.41, 5.74) is 3.14. The van der Waals surface area contributed by atoms with Gasteiger partial charge in [-0.05, 0) is 38.0 Å². The summed E-state index contributed by atoms with van der Waals surface area (Å²) in [4.78, 5) is 13.6. The van der Waals surface area contributed by atoms with E-state index in [1.165, 1.54) is 4.90 Å². The highest BCUT2D eigenvalue weighted by molar-refractivity contribution is 6.40. The van der Waals surface area contributed by atoms with Crippen LogP contribution in [0.1, 0.15) is 25.7 Å². The molecule has 0 unspecified atom stereocenters. The van der Waals surface area contributed by atoms with Gasteiger partial charge in [-0.25, -0.2) is 0 Å². The number of alkyl halides is 3. The third kappa shape index (κ3) is 4.37. The molecule has 0 aromatic carbocycles. The lowest BCUT2D eigenvalue weighted by atomic mass is 9.75. The number of piperidine rings is 1. The van der Waals surface area contributed by atoms with Gasteiger partial charge in [-0.1, -0.05) is 6.42 Å². The summed E-state index contributed by atoms with van der Waals surface area (Å²) < 4.78 is 40.0. The van der Waals surface area contributed by atoms with Crippen molar-refractivity contribution in [2.24, 2.45) is 11.7 Å². The molecular weight excluding hydrogens is 314 g/mol. The van der Waals surface area contributed by atoms with Gasteiger partial charge in [-0.3, -0.25) is 4.79 Å². The van der Waals surface area contributed by atoms with Crippen molar-refractivity contribution in [2.75, 3.05) is 19.6 Å². The molecule has 0 bridgehead atoms. The van der Waals surface area contributed by atoms with Gasteiger partial charge < -0.3 is 26.0 Å². The van der Waals surface area contributed by atoms with Crippen LogP contribution in [-0.4, -0.2) is 65.4 Å². The highest BCUT2D eigenvalue weighted by atomic mass is 19.4. The number of hydrogen-bond acceptors (Lipinski definition) is 5. The summed E-state index contributed by atoms with van der Waals surface area (Å²) in [5, 5.41) is 20.9. The zero-order valence-electron chi connectivity index (χ0n) is 12.9. The van der Waals surface area contributed by atoms with Crippen molar-refractivity contribution in [3.8, 4) is 0 Å². The van der Waals surface area contributed by atoms with E-state index in [-0.39, 0.29) is 31.6 Å². The first-order chi connectivity index (χ1) is 10.6. The standard InChI is InChI=1S/C13H23BF3N3O3/c15-13(16,17)12(18)6-9(3-4-14(22)23)7-20(8-12)11(21)10-2-1-5-19-10/h9-10,19,22-23H,1-8,18H2/t9-,10-,12+/m0/s1. The highest BCUT2D eigenvalue weighted by Crippen LogP contribution is 2.39. The minimum Gasteiger partial charge on any atom is -0.427 e. The molecule has 10 heteroatoms. The van der Waals surface area contributed by atoms with Crippen molar-refractivity contribution in [3.05, 3.63) is 0 Å². The van der Waals surface area contributed by atoms with E-state index in [2.05, 4.69) is 5.32 Å². The number of carbonyl (C=O) groups excluding carboxylic acids is 1. The zero-order chi connectivity index (χ0) is 17.3. The van der Waals surface area contributed by atoms with E-state index >= 15 is 0 Å². The lowest BCUT2D eigenvalue weighted by molar-refractivity contribution is -0.204. The maximum Gasteiger partial charge on any atom is 0.451 e. The molecule has 2 aliphatic rings.